The largest absolute Gasteiger partial charge is 0.393 e. The van der Waals surface area contributed by atoms with E-state index in [2.05, 4.69) is 0 Å². The van der Waals surface area contributed by atoms with Gasteiger partial charge < -0.3 is 10.6 Å². The summed E-state index contributed by atoms with van der Waals surface area (Å²) in [7, 11) is 0. The molecule has 1 amide bonds. The first kappa shape index (κ1) is 13.0. The van der Waals surface area contributed by atoms with Gasteiger partial charge in [0.05, 0.1) is 10.4 Å². The fraction of sp³-hybridized carbons (Fsp3) is 0.429. The lowest BCUT2D eigenvalue weighted by molar-refractivity contribution is -0.122. The molecule has 0 atom stereocenters. The van der Waals surface area contributed by atoms with Gasteiger partial charge in [-0.1, -0.05) is 30.4 Å². The average molecular weight is 262 g/mol. The van der Waals surface area contributed by atoms with Crippen molar-refractivity contribution < 1.29 is 4.79 Å². The van der Waals surface area contributed by atoms with Crippen molar-refractivity contribution in [3.63, 3.8) is 0 Å². The van der Waals surface area contributed by atoms with Crippen molar-refractivity contribution in [1.29, 1.82) is 0 Å². The molecule has 0 bridgehead atoms. The van der Waals surface area contributed by atoms with E-state index in [0.717, 1.165) is 17.7 Å². The monoisotopic (exact) mass is 262 g/mol. The predicted molar refractivity (Wildman–Crippen MR) is 77.8 cm³/mol. The molecule has 1 aromatic carbocycles. The van der Waals surface area contributed by atoms with Crippen LogP contribution in [0.4, 0.5) is 5.69 Å². The standard InChI is InChI=1S/C14H18N2OS/c1-14(2)10-6-3-4-7-11(10)16(13(14)17)9-5-8-12(15)18/h3-4,6-7H,5,8-9H2,1-2H3,(H2,15,18). The Balaban J connectivity index is 2.22. The number of para-hydroxylation sites is 1. The van der Waals surface area contributed by atoms with Gasteiger partial charge in [-0.05, 0) is 38.3 Å². The summed E-state index contributed by atoms with van der Waals surface area (Å²) in [6.07, 6.45) is 1.49. The lowest BCUT2D eigenvalue weighted by Crippen LogP contribution is -2.37. The fourth-order valence-corrected chi connectivity index (χ4v) is 2.58. The van der Waals surface area contributed by atoms with E-state index in [-0.39, 0.29) is 5.91 Å². The summed E-state index contributed by atoms with van der Waals surface area (Å²) >= 11 is 4.86. The summed E-state index contributed by atoms with van der Waals surface area (Å²) in [5, 5.41) is 0. The van der Waals surface area contributed by atoms with Crippen molar-refractivity contribution in [3.8, 4) is 0 Å². The Morgan fingerprint density at radius 2 is 2.06 bits per heavy atom. The van der Waals surface area contributed by atoms with Gasteiger partial charge in [-0.15, -0.1) is 0 Å². The maximum atomic E-state index is 12.4. The van der Waals surface area contributed by atoms with Gasteiger partial charge in [0.15, 0.2) is 0 Å². The van der Waals surface area contributed by atoms with Gasteiger partial charge in [0, 0.05) is 12.2 Å². The Kier molecular flexibility index (Phi) is 3.39. The van der Waals surface area contributed by atoms with E-state index < -0.39 is 5.41 Å². The minimum absolute atomic E-state index is 0.159. The van der Waals surface area contributed by atoms with Gasteiger partial charge in [0.25, 0.3) is 0 Å². The predicted octanol–water partition coefficient (Wildman–Crippen LogP) is 2.38. The van der Waals surface area contributed by atoms with Crippen LogP contribution >= 0.6 is 12.2 Å². The number of carbonyl (C=O) groups is 1. The number of fused-ring (bicyclic) bond motifs is 1. The highest BCUT2D eigenvalue weighted by Crippen LogP contribution is 2.41. The van der Waals surface area contributed by atoms with E-state index >= 15 is 0 Å². The second-order valence-electron chi connectivity index (χ2n) is 5.17. The topological polar surface area (TPSA) is 46.3 Å². The Morgan fingerprint density at radius 1 is 1.39 bits per heavy atom. The summed E-state index contributed by atoms with van der Waals surface area (Å²) in [6.45, 7) is 4.63. The van der Waals surface area contributed by atoms with Crippen molar-refractivity contribution in [2.24, 2.45) is 5.73 Å². The molecule has 0 unspecified atom stereocenters. The average Bonchev–Trinajstić information content (AvgIpc) is 2.51. The van der Waals surface area contributed by atoms with Crippen LogP contribution in [0.5, 0.6) is 0 Å². The third kappa shape index (κ3) is 2.12. The van der Waals surface area contributed by atoms with Gasteiger partial charge >= 0.3 is 0 Å². The van der Waals surface area contributed by atoms with E-state index in [1.807, 2.05) is 43.0 Å². The molecule has 4 heteroatoms. The number of hydrogen-bond donors (Lipinski definition) is 1. The molecule has 0 fully saturated rings. The molecular formula is C14H18N2OS. The van der Waals surface area contributed by atoms with Crippen LogP contribution in [-0.4, -0.2) is 17.4 Å². The maximum absolute atomic E-state index is 12.4. The first-order valence-corrected chi connectivity index (χ1v) is 6.55. The van der Waals surface area contributed by atoms with Crippen LogP contribution in [0.15, 0.2) is 24.3 Å². The number of benzene rings is 1. The Labute approximate surface area is 113 Å². The van der Waals surface area contributed by atoms with Gasteiger partial charge in [-0.2, -0.15) is 0 Å². The summed E-state index contributed by atoms with van der Waals surface area (Å²) in [4.78, 5) is 14.8. The Morgan fingerprint density at radius 3 is 2.72 bits per heavy atom. The molecule has 0 aromatic heterocycles. The second kappa shape index (κ2) is 4.69. The number of nitrogens with two attached hydrogens (primary N) is 1. The van der Waals surface area contributed by atoms with E-state index in [9.17, 15) is 4.79 Å². The van der Waals surface area contributed by atoms with Crippen molar-refractivity contribution >= 4 is 28.8 Å². The molecule has 1 aliphatic heterocycles. The first-order chi connectivity index (χ1) is 8.44. The van der Waals surface area contributed by atoms with Crippen LogP contribution in [0.1, 0.15) is 32.3 Å². The molecule has 1 heterocycles. The van der Waals surface area contributed by atoms with Gasteiger partial charge in [-0.3, -0.25) is 4.79 Å². The molecule has 0 spiro atoms. The molecule has 2 N–H and O–H groups in total. The molecule has 0 radical (unpaired) electrons. The van der Waals surface area contributed by atoms with Crippen LogP contribution in [-0.2, 0) is 10.2 Å². The smallest absolute Gasteiger partial charge is 0.237 e. The normalized spacial score (nSPS) is 16.8. The molecule has 0 saturated heterocycles. The van der Waals surface area contributed by atoms with Crippen molar-refractivity contribution in [3.05, 3.63) is 29.8 Å². The Hall–Kier alpha value is -1.42. The number of rotatable bonds is 4. The number of amides is 1. The molecule has 3 nitrogen and oxygen atoms in total. The molecule has 18 heavy (non-hydrogen) atoms. The molecule has 0 aliphatic carbocycles. The summed E-state index contributed by atoms with van der Waals surface area (Å²) in [5.41, 5.74) is 7.18. The summed E-state index contributed by atoms with van der Waals surface area (Å²) in [6, 6.07) is 7.98. The number of nitrogens with zero attached hydrogens (tertiary/aromatic N) is 1. The highest BCUT2D eigenvalue weighted by Gasteiger charge is 2.43. The van der Waals surface area contributed by atoms with Crippen LogP contribution < -0.4 is 10.6 Å². The van der Waals surface area contributed by atoms with Crippen molar-refractivity contribution in [2.45, 2.75) is 32.1 Å². The van der Waals surface area contributed by atoms with Crippen LogP contribution in [0.2, 0.25) is 0 Å². The SMILES string of the molecule is CC1(C)C(=O)N(CCCC(N)=S)c2ccccc21. The summed E-state index contributed by atoms with van der Waals surface area (Å²) < 4.78 is 0. The maximum Gasteiger partial charge on any atom is 0.237 e. The van der Waals surface area contributed by atoms with Gasteiger partial charge in [0.1, 0.15) is 0 Å². The van der Waals surface area contributed by atoms with E-state index in [1.54, 1.807) is 0 Å². The van der Waals surface area contributed by atoms with Crippen LogP contribution in [0.3, 0.4) is 0 Å². The van der Waals surface area contributed by atoms with Crippen LogP contribution in [0.25, 0.3) is 0 Å². The lowest BCUT2D eigenvalue weighted by Gasteiger charge is -2.20. The lowest BCUT2D eigenvalue weighted by atomic mass is 9.86. The zero-order valence-corrected chi connectivity index (χ0v) is 11.6. The molecule has 1 aliphatic rings. The number of anilines is 1. The molecule has 2 rings (SSSR count). The van der Waals surface area contributed by atoms with Gasteiger partial charge in [-0.25, -0.2) is 0 Å². The number of thiocarbonyl (C=S) groups is 1. The van der Waals surface area contributed by atoms with Crippen LogP contribution in [0, 0.1) is 0 Å². The van der Waals surface area contributed by atoms with E-state index in [1.165, 1.54) is 0 Å². The zero-order valence-electron chi connectivity index (χ0n) is 10.8. The fourth-order valence-electron chi connectivity index (χ4n) is 2.43. The first-order valence-electron chi connectivity index (χ1n) is 6.14. The zero-order chi connectivity index (χ0) is 13.3. The molecule has 0 saturated carbocycles. The highest BCUT2D eigenvalue weighted by atomic mass is 32.1. The molecule has 1 aromatic rings. The van der Waals surface area contributed by atoms with Crippen molar-refractivity contribution in [1.82, 2.24) is 0 Å². The number of carbonyl (C=O) groups excluding carboxylic acids is 1. The third-order valence-corrected chi connectivity index (χ3v) is 3.66. The highest BCUT2D eigenvalue weighted by molar-refractivity contribution is 7.80. The van der Waals surface area contributed by atoms with Crippen molar-refractivity contribution in [2.75, 3.05) is 11.4 Å². The minimum atomic E-state index is -0.431. The Bertz CT molecular complexity index is 496. The van der Waals surface area contributed by atoms with E-state index in [0.29, 0.717) is 18.0 Å². The van der Waals surface area contributed by atoms with E-state index in [4.69, 9.17) is 18.0 Å². The molecular weight excluding hydrogens is 244 g/mol. The van der Waals surface area contributed by atoms with Gasteiger partial charge in [0.2, 0.25) is 5.91 Å². The summed E-state index contributed by atoms with van der Waals surface area (Å²) in [5.74, 6) is 0.159. The minimum Gasteiger partial charge on any atom is -0.393 e. The number of hydrogen-bond acceptors (Lipinski definition) is 2. The molecule has 96 valence electrons. The quantitative estimate of drug-likeness (QED) is 0.847. The second-order valence-corrected chi connectivity index (χ2v) is 5.69. The third-order valence-electron chi connectivity index (χ3n) is 3.45.